The number of anilines is 2. The molecule has 1 aromatic heterocycles. The average molecular weight is 329 g/mol. The van der Waals surface area contributed by atoms with Crippen LogP contribution in [0.4, 0.5) is 20.3 Å². The topological polar surface area (TPSA) is 62.2 Å². The lowest BCUT2D eigenvalue weighted by atomic mass is 10.2. The van der Waals surface area contributed by atoms with E-state index in [0.29, 0.717) is 0 Å². The van der Waals surface area contributed by atoms with Gasteiger partial charge in [0.05, 0.1) is 0 Å². The van der Waals surface area contributed by atoms with Crippen molar-refractivity contribution in [3.63, 3.8) is 0 Å². The van der Waals surface area contributed by atoms with E-state index in [2.05, 4.69) is 26.2 Å². The molecule has 1 aromatic carbocycles. The minimum Gasteiger partial charge on any atom is -0.478 e. The SMILES string of the molecule is O=C(O)c1cccnc1Nc1c(F)cc(Br)cc1F. The van der Waals surface area contributed by atoms with Gasteiger partial charge in [-0.2, -0.15) is 0 Å². The Morgan fingerprint density at radius 1 is 1.32 bits per heavy atom. The largest absolute Gasteiger partial charge is 0.478 e. The first-order chi connectivity index (χ1) is 8.99. The Hall–Kier alpha value is -2.02. The molecule has 4 nitrogen and oxygen atoms in total. The predicted octanol–water partition coefficient (Wildman–Crippen LogP) is 3.56. The standard InChI is InChI=1S/C12H7BrF2N2O2/c13-6-4-8(14)10(9(15)5-6)17-11-7(12(18)19)2-1-3-16-11/h1-5H,(H,16,17)(H,18,19). The summed E-state index contributed by atoms with van der Waals surface area (Å²) in [6, 6.07) is 4.83. The van der Waals surface area contributed by atoms with Crippen LogP contribution in [0.15, 0.2) is 34.9 Å². The van der Waals surface area contributed by atoms with Gasteiger partial charge in [0.1, 0.15) is 17.1 Å². The number of aromatic nitrogens is 1. The van der Waals surface area contributed by atoms with E-state index in [0.717, 1.165) is 12.1 Å². The normalized spacial score (nSPS) is 10.3. The number of aromatic carboxylic acids is 1. The number of carboxylic acids is 1. The van der Waals surface area contributed by atoms with Crippen LogP contribution in [-0.2, 0) is 0 Å². The van der Waals surface area contributed by atoms with E-state index in [9.17, 15) is 13.6 Å². The zero-order valence-electron chi connectivity index (χ0n) is 9.32. The van der Waals surface area contributed by atoms with Gasteiger partial charge >= 0.3 is 5.97 Å². The molecule has 2 rings (SSSR count). The van der Waals surface area contributed by atoms with E-state index in [1.165, 1.54) is 18.3 Å². The van der Waals surface area contributed by atoms with Gasteiger partial charge in [0.15, 0.2) is 11.6 Å². The molecule has 0 radical (unpaired) electrons. The number of carbonyl (C=O) groups is 1. The summed E-state index contributed by atoms with van der Waals surface area (Å²) in [5, 5.41) is 11.3. The van der Waals surface area contributed by atoms with Gasteiger partial charge in [-0.3, -0.25) is 0 Å². The molecule has 2 aromatic rings. The molecule has 0 atom stereocenters. The Kier molecular flexibility index (Phi) is 3.75. The molecule has 0 spiro atoms. The van der Waals surface area contributed by atoms with Crippen molar-refractivity contribution >= 4 is 33.4 Å². The number of hydrogen-bond acceptors (Lipinski definition) is 3. The summed E-state index contributed by atoms with van der Waals surface area (Å²) in [5.74, 6) is -3.08. The van der Waals surface area contributed by atoms with Crippen LogP contribution < -0.4 is 5.32 Å². The van der Waals surface area contributed by atoms with Gasteiger partial charge < -0.3 is 10.4 Å². The summed E-state index contributed by atoms with van der Waals surface area (Å²) < 4.78 is 27.5. The highest BCUT2D eigenvalue weighted by molar-refractivity contribution is 9.10. The van der Waals surface area contributed by atoms with E-state index >= 15 is 0 Å². The third-order valence-corrected chi connectivity index (χ3v) is 2.75. The van der Waals surface area contributed by atoms with E-state index in [4.69, 9.17) is 5.11 Å². The number of rotatable bonds is 3. The number of carboxylic acid groups (broad SMARTS) is 1. The summed E-state index contributed by atoms with van der Waals surface area (Å²) in [7, 11) is 0. The van der Waals surface area contributed by atoms with Crippen molar-refractivity contribution in [3.8, 4) is 0 Å². The quantitative estimate of drug-likeness (QED) is 0.904. The fraction of sp³-hybridized carbons (Fsp3) is 0. The van der Waals surface area contributed by atoms with Gasteiger partial charge in [-0.25, -0.2) is 18.6 Å². The molecule has 0 aliphatic rings. The van der Waals surface area contributed by atoms with Crippen molar-refractivity contribution in [3.05, 3.63) is 52.1 Å². The van der Waals surface area contributed by atoms with Gasteiger partial charge in [0.25, 0.3) is 0 Å². The highest BCUT2D eigenvalue weighted by Gasteiger charge is 2.15. The maximum atomic E-state index is 13.6. The molecule has 2 N–H and O–H groups in total. The minimum atomic E-state index is -1.24. The average Bonchev–Trinajstić information content (AvgIpc) is 2.34. The smallest absolute Gasteiger partial charge is 0.339 e. The monoisotopic (exact) mass is 328 g/mol. The second-order valence-electron chi connectivity index (χ2n) is 3.57. The van der Waals surface area contributed by atoms with Crippen molar-refractivity contribution < 1.29 is 18.7 Å². The van der Waals surface area contributed by atoms with Crippen LogP contribution in [0.3, 0.4) is 0 Å². The van der Waals surface area contributed by atoms with Gasteiger partial charge in [0.2, 0.25) is 0 Å². The summed E-state index contributed by atoms with van der Waals surface area (Å²) >= 11 is 2.95. The fourth-order valence-electron chi connectivity index (χ4n) is 1.46. The molecule has 0 aliphatic carbocycles. The van der Waals surface area contributed by atoms with Gasteiger partial charge in [-0.1, -0.05) is 15.9 Å². The van der Waals surface area contributed by atoms with E-state index < -0.39 is 23.3 Å². The van der Waals surface area contributed by atoms with Crippen molar-refractivity contribution in [1.29, 1.82) is 0 Å². The molecule has 98 valence electrons. The van der Waals surface area contributed by atoms with Gasteiger partial charge in [0, 0.05) is 10.7 Å². The first-order valence-corrected chi connectivity index (χ1v) is 5.88. The van der Waals surface area contributed by atoms with Crippen molar-refractivity contribution in [2.75, 3.05) is 5.32 Å². The maximum absolute atomic E-state index is 13.6. The lowest BCUT2D eigenvalue weighted by Crippen LogP contribution is -2.06. The second-order valence-corrected chi connectivity index (χ2v) is 4.49. The predicted molar refractivity (Wildman–Crippen MR) is 68.5 cm³/mol. The molecule has 1 heterocycles. The zero-order chi connectivity index (χ0) is 14.0. The molecule has 0 aliphatic heterocycles. The molecule has 0 bridgehead atoms. The molecule has 0 fully saturated rings. The second kappa shape index (κ2) is 5.31. The highest BCUT2D eigenvalue weighted by Crippen LogP contribution is 2.27. The van der Waals surface area contributed by atoms with E-state index in [1.807, 2.05) is 0 Å². The Morgan fingerprint density at radius 2 is 1.95 bits per heavy atom. The first-order valence-electron chi connectivity index (χ1n) is 5.09. The van der Waals surface area contributed by atoms with Gasteiger partial charge in [-0.15, -0.1) is 0 Å². The lowest BCUT2D eigenvalue weighted by Gasteiger charge is -2.10. The highest BCUT2D eigenvalue weighted by atomic mass is 79.9. The third kappa shape index (κ3) is 2.87. The molecule has 0 unspecified atom stereocenters. The van der Waals surface area contributed by atoms with Gasteiger partial charge in [-0.05, 0) is 24.3 Å². The number of nitrogens with zero attached hydrogens (tertiary/aromatic N) is 1. The van der Waals surface area contributed by atoms with Crippen LogP contribution in [0.1, 0.15) is 10.4 Å². The van der Waals surface area contributed by atoms with Crippen molar-refractivity contribution in [1.82, 2.24) is 4.98 Å². The van der Waals surface area contributed by atoms with Crippen LogP contribution >= 0.6 is 15.9 Å². The Morgan fingerprint density at radius 3 is 2.53 bits per heavy atom. The number of halogens is 3. The Bertz CT molecular complexity index is 626. The first kappa shape index (κ1) is 13.4. The molecule has 0 saturated carbocycles. The molecule has 0 saturated heterocycles. The Balaban J connectivity index is 2.45. The van der Waals surface area contributed by atoms with Crippen molar-refractivity contribution in [2.24, 2.45) is 0 Å². The van der Waals surface area contributed by atoms with Crippen LogP contribution in [0, 0.1) is 11.6 Å². The van der Waals surface area contributed by atoms with E-state index in [-0.39, 0.29) is 15.9 Å². The molecule has 19 heavy (non-hydrogen) atoms. The fourth-order valence-corrected chi connectivity index (χ4v) is 1.86. The number of benzene rings is 1. The van der Waals surface area contributed by atoms with Crippen molar-refractivity contribution in [2.45, 2.75) is 0 Å². The lowest BCUT2D eigenvalue weighted by molar-refractivity contribution is 0.0697. The van der Waals surface area contributed by atoms with Crippen LogP contribution in [-0.4, -0.2) is 16.1 Å². The molecular formula is C12H7BrF2N2O2. The van der Waals surface area contributed by atoms with Crippen LogP contribution in [0.5, 0.6) is 0 Å². The van der Waals surface area contributed by atoms with E-state index in [1.54, 1.807) is 0 Å². The van der Waals surface area contributed by atoms with Crippen LogP contribution in [0.2, 0.25) is 0 Å². The summed E-state index contributed by atoms with van der Waals surface area (Å²) in [4.78, 5) is 14.7. The molecule has 0 amide bonds. The molecular weight excluding hydrogens is 322 g/mol. The number of hydrogen-bond donors (Lipinski definition) is 2. The maximum Gasteiger partial charge on any atom is 0.339 e. The summed E-state index contributed by atoms with van der Waals surface area (Å²) in [6.07, 6.45) is 1.32. The summed E-state index contributed by atoms with van der Waals surface area (Å²) in [5.41, 5.74) is -0.631. The van der Waals surface area contributed by atoms with Crippen LogP contribution in [0.25, 0.3) is 0 Å². The summed E-state index contributed by atoms with van der Waals surface area (Å²) in [6.45, 7) is 0. The zero-order valence-corrected chi connectivity index (χ0v) is 10.9. The number of pyridine rings is 1. The Labute approximate surface area is 115 Å². The molecule has 7 heteroatoms. The number of nitrogens with one attached hydrogen (secondary N) is 1. The minimum absolute atomic E-state index is 0.130. The third-order valence-electron chi connectivity index (χ3n) is 2.29.